The zero-order valence-electron chi connectivity index (χ0n) is 10.2. The molecule has 1 saturated heterocycles. The molecular formula is C10H15N3O5S. The molecule has 0 saturated carbocycles. The van der Waals surface area contributed by atoms with Crippen LogP contribution in [0.2, 0.25) is 0 Å². The monoisotopic (exact) mass is 289 g/mol. The number of ether oxygens (including phenoxy) is 1. The second-order valence-corrected chi connectivity index (χ2v) is 5.79. The molecule has 1 aliphatic rings. The third-order valence-corrected chi connectivity index (χ3v) is 4.28. The van der Waals surface area contributed by atoms with Crippen molar-refractivity contribution in [3.8, 4) is 0 Å². The van der Waals surface area contributed by atoms with E-state index in [1.54, 1.807) is 0 Å². The lowest BCUT2D eigenvalue weighted by molar-refractivity contribution is -0.0457. The maximum Gasteiger partial charge on any atom is 0.351 e. The van der Waals surface area contributed by atoms with E-state index in [1.807, 2.05) is 0 Å². The number of hydrogen-bond donors (Lipinski definition) is 3. The van der Waals surface area contributed by atoms with Gasteiger partial charge < -0.3 is 25.2 Å². The van der Waals surface area contributed by atoms with Crippen molar-refractivity contribution in [3.05, 3.63) is 22.7 Å². The normalized spacial score (nSPS) is 32.4. The SMILES string of the molecule is C[S+]([O-])C1[C@H](n2ccc(N)nc2=O)O[C@H](CO)[C@H]1O. The summed E-state index contributed by atoms with van der Waals surface area (Å²) in [6.45, 7) is -0.428. The molecule has 1 aromatic rings. The van der Waals surface area contributed by atoms with Crippen LogP contribution in [0.3, 0.4) is 0 Å². The highest BCUT2D eigenvalue weighted by Crippen LogP contribution is 2.32. The lowest BCUT2D eigenvalue weighted by atomic mass is 10.2. The van der Waals surface area contributed by atoms with Gasteiger partial charge in [0, 0.05) is 6.20 Å². The molecule has 0 spiro atoms. The van der Waals surface area contributed by atoms with Gasteiger partial charge in [0.25, 0.3) is 0 Å². The predicted molar refractivity (Wildman–Crippen MR) is 67.8 cm³/mol. The first-order chi connectivity index (χ1) is 8.95. The minimum atomic E-state index is -1.44. The molecule has 9 heteroatoms. The van der Waals surface area contributed by atoms with Crippen LogP contribution in [-0.4, -0.2) is 54.6 Å². The summed E-state index contributed by atoms with van der Waals surface area (Å²) in [4.78, 5) is 15.3. The highest BCUT2D eigenvalue weighted by atomic mass is 32.2. The Labute approximate surface area is 112 Å². The Kier molecular flexibility index (Phi) is 4.11. The second-order valence-electron chi connectivity index (χ2n) is 4.24. The minimum Gasteiger partial charge on any atom is -0.616 e. The minimum absolute atomic E-state index is 0.0627. The molecule has 4 N–H and O–H groups in total. The highest BCUT2D eigenvalue weighted by molar-refractivity contribution is 7.91. The lowest BCUT2D eigenvalue weighted by Crippen LogP contribution is -2.41. The van der Waals surface area contributed by atoms with E-state index in [0.29, 0.717) is 0 Å². The number of aliphatic hydroxyl groups is 2. The summed E-state index contributed by atoms with van der Waals surface area (Å²) in [6.07, 6.45) is -0.186. The molecule has 106 valence electrons. The van der Waals surface area contributed by atoms with Crippen LogP contribution in [0.15, 0.2) is 17.1 Å². The van der Waals surface area contributed by atoms with E-state index in [-0.39, 0.29) is 5.82 Å². The summed E-state index contributed by atoms with van der Waals surface area (Å²) < 4.78 is 18.2. The van der Waals surface area contributed by atoms with Crippen LogP contribution in [0, 0.1) is 0 Å². The Bertz CT molecular complexity index is 508. The molecule has 0 amide bonds. The van der Waals surface area contributed by atoms with E-state index in [4.69, 9.17) is 15.6 Å². The number of aliphatic hydroxyl groups excluding tert-OH is 2. The smallest absolute Gasteiger partial charge is 0.351 e. The van der Waals surface area contributed by atoms with Gasteiger partial charge in [-0.1, -0.05) is 0 Å². The highest BCUT2D eigenvalue weighted by Gasteiger charge is 2.50. The Morgan fingerprint density at radius 3 is 2.89 bits per heavy atom. The number of rotatable bonds is 3. The van der Waals surface area contributed by atoms with Crippen molar-refractivity contribution in [1.29, 1.82) is 0 Å². The van der Waals surface area contributed by atoms with E-state index in [2.05, 4.69) is 4.98 Å². The predicted octanol–water partition coefficient (Wildman–Crippen LogP) is -2.18. The molecule has 2 heterocycles. The fourth-order valence-corrected chi connectivity index (χ4v) is 3.16. The quantitative estimate of drug-likeness (QED) is 0.539. The van der Waals surface area contributed by atoms with Crippen molar-refractivity contribution in [3.63, 3.8) is 0 Å². The Balaban J connectivity index is 2.39. The van der Waals surface area contributed by atoms with Gasteiger partial charge in [-0.05, 0) is 17.2 Å². The van der Waals surface area contributed by atoms with Crippen LogP contribution in [0.5, 0.6) is 0 Å². The van der Waals surface area contributed by atoms with E-state index in [1.165, 1.54) is 18.5 Å². The zero-order valence-corrected chi connectivity index (χ0v) is 11.0. The lowest BCUT2D eigenvalue weighted by Gasteiger charge is -2.22. The Morgan fingerprint density at radius 2 is 2.37 bits per heavy atom. The fraction of sp³-hybridized carbons (Fsp3) is 0.600. The van der Waals surface area contributed by atoms with Crippen LogP contribution in [0.4, 0.5) is 5.82 Å². The molecule has 0 bridgehead atoms. The number of anilines is 1. The van der Waals surface area contributed by atoms with Crippen LogP contribution < -0.4 is 11.4 Å². The summed E-state index contributed by atoms with van der Waals surface area (Å²) in [5.74, 6) is 0.0627. The maximum absolute atomic E-state index is 11.7. The molecule has 1 aliphatic heterocycles. The van der Waals surface area contributed by atoms with E-state index in [0.717, 1.165) is 4.57 Å². The molecular weight excluding hydrogens is 274 g/mol. The summed E-state index contributed by atoms with van der Waals surface area (Å²) in [6, 6.07) is 1.40. The first-order valence-corrected chi connectivity index (χ1v) is 7.19. The van der Waals surface area contributed by atoms with Gasteiger partial charge in [-0.3, -0.25) is 4.57 Å². The van der Waals surface area contributed by atoms with Crippen molar-refractivity contribution < 1.29 is 19.5 Å². The topological polar surface area (TPSA) is 134 Å². The van der Waals surface area contributed by atoms with E-state index >= 15 is 0 Å². The van der Waals surface area contributed by atoms with Gasteiger partial charge in [0.15, 0.2) is 11.5 Å². The van der Waals surface area contributed by atoms with Crippen LogP contribution in [-0.2, 0) is 15.9 Å². The van der Waals surface area contributed by atoms with Crippen LogP contribution in [0.25, 0.3) is 0 Å². The number of nitrogens with two attached hydrogens (primary N) is 1. The van der Waals surface area contributed by atoms with Gasteiger partial charge in [-0.25, -0.2) is 4.79 Å². The summed E-state index contributed by atoms with van der Waals surface area (Å²) in [5, 5.41) is 18.2. The molecule has 5 atom stereocenters. The molecule has 8 nitrogen and oxygen atoms in total. The number of hydrogen-bond acceptors (Lipinski definition) is 7. The average Bonchev–Trinajstić information content (AvgIpc) is 2.66. The number of aromatic nitrogens is 2. The van der Waals surface area contributed by atoms with E-state index in [9.17, 15) is 14.5 Å². The average molecular weight is 289 g/mol. The maximum atomic E-state index is 11.7. The van der Waals surface area contributed by atoms with Gasteiger partial charge in [0.2, 0.25) is 0 Å². The van der Waals surface area contributed by atoms with Crippen molar-refractivity contribution in [2.24, 2.45) is 0 Å². The van der Waals surface area contributed by atoms with Gasteiger partial charge in [0.05, 0.1) is 12.9 Å². The molecule has 0 radical (unpaired) electrons. The molecule has 1 aromatic heterocycles. The second kappa shape index (κ2) is 5.47. The summed E-state index contributed by atoms with van der Waals surface area (Å²) in [7, 11) is 0. The standard InChI is InChI=1S/C10H15N3O5S/c1-19(17)8-7(15)5(4-14)18-9(8)13-3-2-6(11)12-10(13)16/h2-3,5,7-9,14-15H,4H2,1H3,(H2,11,12,16)/t5-,7-,8?,9-,19?/m1/s1. The van der Waals surface area contributed by atoms with Crippen LogP contribution >= 0.6 is 0 Å². The Morgan fingerprint density at radius 1 is 1.68 bits per heavy atom. The van der Waals surface area contributed by atoms with Crippen molar-refractivity contribution in [1.82, 2.24) is 9.55 Å². The summed E-state index contributed by atoms with van der Waals surface area (Å²) >= 11 is -1.44. The fourth-order valence-electron chi connectivity index (χ4n) is 2.07. The molecule has 2 unspecified atom stereocenters. The number of nitrogen functional groups attached to an aromatic ring is 1. The van der Waals surface area contributed by atoms with Gasteiger partial charge in [-0.15, -0.1) is 0 Å². The van der Waals surface area contributed by atoms with Crippen molar-refractivity contribution in [2.45, 2.75) is 23.7 Å². The molecule has 2 rings (SSSR count). The summed E-state index contributed by atoms with van der Waals surface area (Å²) in [5.41, 5.74) is 4.73. The first-order valence-electron chi connectivity index (χ1n) is 5.57. The van der Waals surface area contributed by atoms with Crippen molar-refractivity contribution in [2.75, 3.05) is 18.6 Å². The van der Waals surface area contributed by atoms with Gasteiger partial charge in [0.1, 0.15) is 18.0 Å². The van der Waals surface area contributed by atoms with Gasteiger partial charge in [-0.2, -0.15) is 4.98 Å². The van der Waals surface area contributed by atoms with Crippen LogP contribution in [0.1, 0.15) is 6.23 Å². The van der Waals surface area contributed by atoms with E-state index < -0.39 is 47.2 Å². The largest absolute Gasteiger partial charge is 0.616 e. The van der Waals surface area contributed by atoms with Crippen molar-refractivity contribution >= 4 is 17.0 Å². The molecule has 0 aliphatic carbocycles. The molecule has 0 aromatic carbocycles. The first kappa shape index (κ1) is 14.3. The Hall–Kier alpha value is -1.13. The third-order valence-electron chi connectivity index (χ3n) is 3.00. The molecule has 19 heavy (non-hydrogen) atoms. The number of nitrogens with zero attached hydrogens (tertiary/aromatic N) is 2. The zero-order chi connectivity index (χ0) is 14.2. The molecule has 1 fully saturated rings. The third kappa shape index (κ3) is 2.60. The van der Waals surface area contributed by atoms with Gasteiger partial charge >= 0.3 is 5.69 Å².